The minimum atomic E-state index is -0.477. The maximum Gasteiger partial charge on any atom is 0.339 e. The van der Waals surface area contributed by atoms with Crippen LogP contribution < -0.4 is 5.73 Å². The molecule has 2 N–H and O–H groups in total. The first-order valence-electron chi connectivity index (χ1n) is 3.39. The predicted molar refractivity (Wildman–Crippen MR) is 59.9 cm³/mol. The molecule has 0 radical (unpaired) electrons. The monoisotopic (exact) mass is 311 g/mol. The lowest BCUT2D eigenvalue weighted by atomic mass is 10.2. The van der Waals surface area contributed by atoms with Gasteiger partial charge in [-0.1, -0.05) is 11.6 Å². The molecule has 0 saturated carbocycles. The number of carbonyl (C=O) groups excluding carboxylic acids is 1. The fourth-order valence-electron chi connectivity index (χ4n) is 0.869. The first kappa shape index (κ1) is 10.6. The molecular weight excluding hydrogens is 304 g/mol. The Morgan fingerprint density at radius 2 is 2.23 bits per heavy atom. The molecule has 0 fully saturated rings. The fraction of sp³-hybridized carbons (Fsp3) is 0.125. The second-order valence-corrected chi connectivity index (χ2v) is 3.90. The van der Waals surface area contributed by atoms with E-state index in [2.05, 4.69) is 4.74 Å². The highest BCUT2D eigenvalue weighted by molar-refractivity contribution is 14.1. The number of benzene rings is 1. The van der Waals surface area contributed by atoms with Crippen molar-refractivity contribution in [2.24, 2.45) is 0 Å². The van der Waals surface area contributed by atoms with Crippen LogP contribution in [0.3, 0.4) is 0 Å². The van der Waals surface area contributed by atoms with Gasteiger partial charge in [0.25, 0.3) is 0 Å². The van der Waals surface area contributed by atoms with E-state index in [-0.39, 0.29) is 0 Å². The maximum atomic E-state index is 11.2. The van der Waals surface area contributed by atoms with Gasteiger partial charge in [0.15, 0.2) is 0 Å². The van der Waals surface area contributed by atoms with Crippen LogP contribution in [-0.2, 0) is 4.74 Å². The Bertz CT molecular complexity index is 354. The van der Waals surface area contributed by atoms with Gasteiger partial charge in [0, 0.05) is 9.26 Å². The number of rotatable bonds is 1. The first-order valence-corrected chi connectivity index (χ1v) is 4.84. The lowest BCUT2D eigenvalue weighted by Gasteiger charge is -2.05. The Kier molecular flexibility index (Phi) is 3.38. The van der Waals surface area contributed by atoms with Crippen molar-refractivity contribution in [3.63, 3.8) is 0 Å². The summed E-state index contributed by atoms with van der Waals surface area (Å²) in [7, 11) is 1.30. The van der Waals surface area contributed by atoms with E-state index in [0.717, 1.165) is 3.57 Å². The molecule has 13 heavy (non-hydrogen) atoms. The number of nitrogen functional groups attached to an aromatic ring is 1. The van der Waals surface area contributed by atoms with E-state index < -0.39 is 5.97 Å². The largest absolute Gasteiger partial charge is 0.465 e. The molecule has 0 spiro atoms. The fourth-order valence-corrected chi connectivity index (χ4v) is 1.70. The number of carbonyl (C=O) groups is 1. The van der Waals surface area contributed by atoms with E-state index in [0.29, 0.717) is 16.3 Å². The van der Waals surface area contributed by atoms with Gasteiger partial charge < -0.3 is 10.5 Å². The molecule has 0 aliphatic heterocycles. The third-order valence-corrected chi connectivity index (χ3v) is 3.03. The number of nitrogens with two attached hydrogens (primary N) is 1. The minimum Gasteiger partial charge on any atom is -0.465 e. The SMILES string of the molecule is COC(=O)c1cc(N)cc(I)c1Cl. The van der Waals surface area contributed by atoms with Gasteiger partial charge in [0.1, 0.15) is 0 Å². The van der Waals surface area contributed by atoms with E-state index in [1.807, 2.05) is 22.6 Å². The summed E-state index contributed by atoms with van der Waals surface area (Å²) in [5.74, 6) is -0.477. The average Bonchev–Trinajstić information content (AvgIpc) is 2.10. The van der Waals surface area contributed by atoms with E-state index in [1.54, 1.807) is 6.07 Å². The van der Waals surface area contributed by atoms with Crippen molar-refractivity contribution >= 4 is 45.8 Å². The molecule has 0 aromatic heterocycles. The van der Waals surface area contributed by atoms with E-state index in [4.69, 9.17) is 17.3 Å². The van der Waals surface area contributed by atoms with Crippen molar-refractivity contribution < 1.29 is 9.53 Å². The number of esters is 1. The molecule has 0 saturated heterocycles. The van der Waals surface area contributed by atoms with Crippen molar-refractivity contribution in [1.82, 2.24) is 0 Å². The quantitative estimate of drug-likeness (QED) is 0.492. The number of anilines is 1. The Balaban J connectivity index is 3.28. The third kappa shape index (κ3) is 2.25. The van der Waals surface area contributed by atoms with Gasteiger partial charge in [-0.25, -0.2) is 4.79 Å². The molecule has 1 aromatic carbocycles. The highest BCUT2D eigenvalue weighted by Gasteiger charge is 2.13. The number of halogens is 2. The van der Waals surface area contributed by atoms with Crippen LogP contribution in [0.5, 0.6) is 0 Å². The Hall–Kier alpha value is -0.490. The van der Waals surface area contributed by atoms with Crippen LogP contribution in [-0.4, -0.2) is 13.1 Å². The molecule has 0 heterocycles. The Morgan fingerprint density at radius 3 is 2.77 bits per heavy atom. The molecule has 0 amide bonds. The van der Waals surface area contributed by atoms with Gasteiger partial charge in [0.05, 0.1) is 17.7 Å². The molecule has 70 valence electrons. The van der Waals surface area contributed by atoms with E-state index >= 15 is 0 Å². The van der Waals surface area contributed by atoms with Crippen LogP contribution in [0.1, 0.15) is 10.4 Å². The normalized spacial score (nSPS) is 9.77. The number of hydrogen-bond acceptors (Lipinski definition) is 3. The van der Waals surface area contributed by atoms with E-state index in [9.17, 15) is 4.79 Å². The number of methoxy groups -OCH3 is 1. The molecule has 0 aliphatic rings. The molecule has 0 unspecified atom stereocenters. The van der Waals surface area contributed by atoms with Crippen molar-refractivity contribution in [3.05, 3.63) is 26.3 Å². The van der Waals surface area contributed by atoms with Gasteiger partial charge in [0.2, 0.25) is 0 Å². The summed E-state index contributed by atoms with van der Waals surface area (Å²) in [6.07, 6.45) is 0. The summed E-state index contributed by atoms with van der Waals surface area (Å²) in [5, 5.41) is 0.377. The highest BCUT2D eigenvalue weighted by Crippen LogP contribution is 2.26. The summed E-state index contributed by atoms with van der Waals surface area (Å²) in [5.41, 5.74) is 6.34. The van der Waals surface area contributed by atoms with Gasteiger partial charge in [-0.2, -0.15) is 0 Å². The molecule has 1 rings (SSSR count). The van der Waals surface area contributed by atoms with Crippen LogP contribution in [0.4, 0.5) is 5.69 Å². The van der Waals surface area contributed by atoms with Crippen molar-refractivity contribution in [3.8, 4) is 0 Å². The van der Waals surface area contributed by atoms with Crippen LogP contribution in [0.2, 0.25) is 5.02 Å². The predicted octanol–water partition coefficient (Wildman–Crippen LogP) is 2.31. The summed E-state index contributed by atoms with van der Waals surface area (Å²) in [6, 6.07) is 3.19. The molecule has 0 bridgehead atoms. The first-order chi connectivity index (χ1) is 6.06. The summed E-state index contributed by atoms with van der Waals surface area (Å²) < 4.78 is 5.28. The van der Waals surface area contributed by atoms with Crippen LogP contribution in [0, 0.1) is 3.57 Å². The molecule has 5 heteroatoms. The topological polar surface area (TPSA) is 52.3 Å². The number of hydrogen-bond donors (Lipinski definition) is 1. The van der Waals surface area contributed by atoms with E-state index in [1.165, 1.54) is 13.2 Å². The van der Waals surface area contributed by atoms with Gasteiger partial charge in [-0.05, 0) is 34.7 Å². The maximum absolute atomic E-state index is 11.2. The zero-order chi connectivity index (χ0) is 10.0. The zero-order valence-electron chi connectivity index (χ0n) is 6.80. The molecule has 0 atom stereocenters. The molecule has 3 nitrogen and oxygen atoms in total. The van der Waals surface area contributed by atoms with Crippen molar-refractivity contribution in [2.45, 2.75) is 0 Å². The summed E-state index contributed by atoms with van der Waals surface area (Å²) >= 11 is 7.88. The summed E-state index contributed by atoms with van der Waals surface area (Å²) in [6.45, 7) is 0. The second kappa shape index (κ2) is 4.15. The molecular formula is C8H7ClINO2. The Morgan fingerprint density at radius 1 is 1.62 bits per heavy atom. The number of ether oxygens (including phenoxy) is 1. The van der Waals surface area contributed by atoms with Crippen LogP contribution >= 0.6 is 34.2 Å². The third-order valence-electron chi connectivity index (χ3n) is 1.46. The van der Waals surface area contributed by atoms with Gasteiger partial charge >= 0.3 is 5.97 Å². The Labute approximate surface area is 94.3 Å². The lowest BCUT2D eigenvalue weighted by Crippen LogP contribution is -2.04. The van der Waals surface area contributed by atoms with Gasteiger partial charge in [-0.3, -0.25) is 0 Å². The summed E-state index contributed by atoms with van der Waals surface area (Å²) in [4.78, 5) is 11.2. The highest BCUT2D eigenvalue weighted by atomic mass is 127. The second-order valence-electron chi connectivity index (χ2n) is 2.36. The van der Waals surface area contributed by atoms with Crippen molar-refractivity contribution in [1.29, 1.82) is 0 Å². The van der Waals surface area contributed by atoms with Crippen LogP contribution in [0.25, 0.3) is 0 Å². The van der Waals surface area contributed by atoms with Crippen molar-refractivity contribution in [2.75, 3.05) is 12.8 Å². The standard InChI is InChI=1S/C8H7ClINO2/c1-13-8(12)5-2-4(11)3-6(10)7(5)9/h2-3H,11H2,1H3. The van der Waals surface area contributed by atoms with Gasteiger partial charge in [-0.15, -0.1) is 0 Å². The molecule has 0 aliphatic carbocycles. The average molecular weight is 312 g/mol. The van der Waals surface area contributed by atoms with Crippen LogP contribution in [0.15, 0.2) is 12.1 Å². The zero-order valence-corrected chi connectivity index (χ0v) is 9.72. The molecule has 1 aromatic rings. The minimum absolute atomic E-state index is 0.300. The smallest absolute Gasteiger partial charge is 0.339 e. The lowest BCUT2D eigenvalue weighted by molar-refractivity contribution is 0.0601.